The van der Waals surface area contributed by atoms with Crippen molar-refractivity contribution in [1.29, 1.82) is 0 Å². The molecule has 150 valence electrons. The Morgan fingerprint density at radius 1 is 0.929 bits per heavy atom. The number of aliphatic hydroxyl groups is 1. The molecular weight excluding hydrogens is 356 g/mol. The molecule has 1 N–H and O–H groups in total. The van der Waals surface area contributed by atoms with Gasteiger partial charge in [-0.2, -0.15) is 0 Å². The van der Waals surface area contributed by atoms with Gasteiger partial charge in [0, 0.05) is 13.5 Å². The molecule has 2 aliphatic rings. The zero-order valence-electron chi connectivity index (χ0n) is 18.6. The fraction of sp³-hybridized carbons (Fsp3) is 0.538. The lowest BCUT2D eigenvalue weighted by Crippen LogP contribution is -2.44. The molecular formula is C26H36OSi. The van der Waals surface area contributed by atoms with E-state index in [4.69, 9.17) is 0 Å². The summed E-state index contributed by atoms with van der Waals surface area (Å²) >= 11 is 0. The number of fused-ring (bicyclic) bond motifs is 3. The lowest BCUT2D eigenvalue weighted by molar-refractivity contribution is -0.0174. The number of benzene rings is 2. The van der Waals surface area contributed by atoms with Gasteiger partial charge in [0.2, 0.25) is 0 Å². The maximum absolute atomic E-state index is 12.9. The van der Waals surface area contributed by atoms with Crippen LogP contribution < -0.4 is 0 Å². The van der Waals surface area contributed by atoms with Gasteiger partial charge in [0.25, 0.3) is 0 Å². The van der Waals surface area contributed by atoms with E-state index < -0.39 is 13.7 Å². The molecule has 0 spiro atoms. The van der Waals surface area contributed by atoms with Crippen molar-refractivity contribution in [3.05, 3.63) is 70.3 Å². The Kier molecular flexibility index (Phi) is 4.48. The van der Waals surface area contributed by atoms with Crippen molar-refractivity contribution in [3.8, 4) is 0 Å². The molecule has 1 unspecified atom stereocenters. The molecule has 1 nitrogen and oxygen atoms in total. The van der Waals surface area contributed by atoms with Gasteiger partial charge in [-0.3, -0.25) is 0 Å². The molecule has 0 heterocycles. The molecule has 0 aromatic heterocycles. The van der Waals surface area contributed by atoms with Crippen LogP contribution in [0.5, 0.6) is 0 Å². The van der Waals surface area contributed by atoms with Gasteiger partial charge in [0.15, 0.2) is 0 Å². The van der Waals surface area contributed by atoms with Crippen LogP contribution in [0.3, 0.4) is 0 Å². The molecule has 2 aromatic rings. The highest BCUT2D eigenvalue weighted by atomic mass is 28.3. The monoisotopic (exact) mass is 392 g/mol. The second kappa shape index (κ2) is 6.31. The van der Waals surface area contributed by atoms with Crippen LogP contribution in [0.1, 0.15) is 61.4 Å². The number of hydrogen-bond donors (Lipinski definition) is 1. The van der Waals surface area contributed by atoms with Gasteiger partial charge < -0.3 is 5.11 Å². The van der Waals surface area contributed by atoms with E-state index in [0.29, 0.717) is 17.4 Å². The average molecular weight is 393 g/mol. The van der Waals surface area contributed by atoms with E-state index in [9.17, 15) is 5.11 Å². The summed E-state index contributed by atoms with van der Waals surface area (Å²) in [5, 5.41) is 12.9. The van der Waals surface area contributed by atoms with Crippen LogP contribution in [0, 0.1) is 11.3 Å². The van der Waals surface area contributed by atoms with E-state index >= 15 is 0 Å². The van der Waals surface area contributed by atoms with Crippen LogP contribution in [0.25, 0.3) is 0 Å². The van der Waals surface area contributed by atoms with Crippen molar-refractivity contribution >= 4 is 8.07 Å². The molecule has 2 aliphatic carbocycles. The van der Waals surface area contributed by atoms with Crippen LogP contribution in [-0.2, 0) is 18.4 Å². The van der Waals surface area contributed by atoms with Crippen LogP contribution in [-0.4, -0.2) is 13.2 Å². The maximum Gasteiger partial charge on any atom is 0.122 e. The zero-order valence-corrected chi connectivity index (χ0v) is 19.6. The minimum Gasteiger partial charge on any atom is -0.380 e. The summed E-state index contributed by atoms with van der Waals surface area (Å²) in [7, 11) is -1.46. The summed E-state index contributed by atoms with van der Waals surface area (Å²) in [6, 6.07) is 15.4. The molecule has 0 amide bonds. The topological polar surface area (TPSA) is 20.2 Å². The zero-order chi connectivity index (χ0) is 20.5. The van der Waals surface area contributed by atoms with E-state index in [1.165, 1.54) is 27.8 Å². The predicted molar refractivity (Wildman–Crippen MR) is 122 cm³/mol. The highest BCUT2D eigenvalue weighted by molar-refractivity contribution is 6.79. The Labute approximate surface area is 172 Å². The Balaban J connectivity index is 2.10. The quantitative estimate of drug-likeness (QED) is 0.575. The summed E-state index contributed by atoms with van der Waals surface area (Å²) in [4.78, 5) is 0. The molecule has 1 saturated carbocycles. The molecule has 28 heavy (non-hydrogen) atoms. The molecule has 4 atom stereocenters. The van der Waals surface area contributed by atoms with Crippen molar-refractivity contribution < 1.29 is 5.11 Å². The largest absolute Gasteiger partial charge is 0.380 e. The summed E-state index contributed by atoms with van der Waals surface area (Å²) in [6.45, 7) is 16.6. The van der Waals surface area contributed by atoms with Crippen LogP contribution in [0.4, 0.5) is 0 Å². The minimum absolute atomic E-state index is 0.0731. The molecule has 0 aliphatic heterocycles. The standard InChI is InChI=1S/C26H36OSi/c1-8-18-13-12-14-19(9-2)22(18)26(27)21-16-11-10-15-20(21)23-24(28(5,6)7)25(23,26)17(3)4/h10-17,23-24,27H,8-9H2,1-7H3/t23?,24-,25-,26+/m1/s1. The molecule has 2 heteroatoms. The number of hydrogen-bond acceptors (Lipinski definition) is 1. The fourth-order valence-electron chi connectivity index (χ4n) is 7.04. The van der Waals surface area contributed by atoms with Crippen LogP contribution in [0.2, 0.25) is 25.2 Å². The summed E-state index contributed by atoms with van der Waals surface area (Å²) in [6.07, 6.45) is 1.92. The first kappa shape index (κ1) is 19.9. The van der Waals surface area contributed by atoms with Crippen molar-refractivity contribution in [2.75, 3.05) is 0 Å². The third-order valence-electron chi connectivity index (χ3n) is 7.81. The SMILES string of the molecule is CCc1cccc(CC)c1[C@@]1(O)c2ccccc2C2[C@@H]([Si](C)(C)C)[C@@]21C(C)C. The smallest absolute Gasteiger partial charge is 0.122 e. The third-order valence-corrected chi connectivity index (χ3v) is 10.5. The second-order valence-electron chi connectivity index (χ2n) is 10.4. The van der Waals surface area contributed by atoms with Crippen molar-refractivity contribution in [1.82, 2.24) is 0 Å². The van der Waals surface area contributed by atoms with E-state index in [1.807, 2.05) is 0 Å². The fourth-order valence-corrected chi connectivity index (χ4v) is 10.6. The minimum atomic E-state index is -1.46. The second-order valence-corrected chi connectivity index (χ2v) is 15.7. The van der Waals surface area contributed by atoms with E-state index in [0.717, 1.165) is 12.8 Å². The molecule has 2 aromatic carbocycles. The Morgan fingerprint density at radius 3 is 2.00 bits per heavy atom. The van der Waals surface area contributed by atoms with Crippen molar-refractivity contribution in [3.63, 3.8) is 0 Å². The maximum atomic E-state index is 12.9. The van der Waals surface area contributed by atoms with Gasteiger partial charge in [-0.05, 0) is 58.0 Å². The molecule has 0 saturated heterocycles. The van der Waals surface area contributed by atoms with Crippen molar-refractivity contribution in [2.45, 2.75) is 77.2 Å². The van der Waals surface area contributed by atoms with Gasteiger partial charge in [-0.25, -0.2) is 0 Å². The van der Waals surface area contributed by atoms with Gasteiger partial charge in [-0.15, -0.1) is 0 Å². The normalized spacial score (nSPS) is 31.0. The van der Waals surface area contributed by atoms with E-state index in [-0.39, 0.29) is 5.41 Å². The van der Waals surface area contributed by atoms with Crippen molar-refractivity contribution in [2.24, 2.45) is 11.3 Å². The summed E-state index contributed by atoms with van der Waals surface area (Å²) in [5.41, 5.74) is 6.12. The van der Waals surface area contributed by atoms with Gasteiger partial charge in [0.05, 0.1) is 0 Å². The van der Waals surface area contributed by atoms with E-state index in [1.54, 1.807) is 0 Å². The number of aryl methyl sites for hydroxylation is 2. The number of rotatable bonds is 5. The van der Waals surface area contributed by atoms with Crippen LogP contribution in [0.15, 0.2) is 42.5 Å². The molecule has 1 fully saturated rings. The Morgan fingerprint density at radius 2 is 1.50 bits per heavy atom. The van der Waals surface area contributed by atoms with Gasteiger partial charge in [-0.1, -0.05) is 89.8 Å². The lowest BCUT2D eigenvalue weighted by atomic mass is 9.68. The first-order chi connectivity index (χ1) is 13.2. The highest BCUT2D eigenvalue weighted by Gasteiger charge is 2.82. The van der Waals surface area contributed by atoms with Gasteiger partial charge >= 0.3 is 0 Å². The first-order valence-electron chi connectivity index (χ1n) is 11.1. The third kappa shape index (κ3) is 2.22. The lowest BCUT2D eigenvalue weighted by Gasteiger charge is -2.43. The first-order valence-corrected chi connectivity index (χ1v) is 14.7. The molecule has 0 radical (unpaired) electrons. The van der Waals surface area contributed by atoms with E-state index in [2.05, 4.69) is 89.8 Å². The highest BCUT2D eigenvalue weighted by Crippen LogP contribution is 2.87. The summed E-state index contributed by atoms with van der Waals surface area (Å²) in [5.74, 6) is 0.927. The molecule has 0 bridgehead atoms. The summed E-state index contributed by atoms with van der Waals surface area (Å²) < 4.78 is 0. The Bertz CT molecular complexity index is 887. The molecule has 4 rings (SSSR count). The average Bonchev–Trinajstić information content (AvgIpc) is 3.34. The van der Waals surface area contributed by atoms with Crippen LogP contribution >= 0.6 is 0 Å². The Hall–Kier alpha value is -1.38. The van der Waals surface area contributed by atoms with Gasteiger partial charge in [0.1, 0.15) is 5.60 Å². The predicted octanol–water partition coefficient (Wildman–Crippen LogP) is 6.51.